The van der Waals surface area contributed by atoms with E-state index >= 15 is 0 Å². The van der Waals surface area contributed by atoms with Gasteiger partial charge in [0, 0.05) is 18.3 Å². The molecule has 2 aromatic heterocycles. The molecule has 154 valence electrons. The predicted molar refractivity (Wildman–Crippen MR) is 110 cm³/mol. The highest BCUT2D eigenvalue weighted by Crippen LogP contribution is 2.31. The average Bonchev–Trinajstić information content (AvgIpc) is 3.40. The molecule has 0 spiro atoms. The van der Waals surface area contributed by atoms with E-state index in [1.54, 1.807) is 26.7 Å². The molecule has 0 saturated carbocycles. The number of nitrogens with zero attached hydrogens (tertiary/aromatic N) is 6. The molecular formula is C20H21FN8O. The molecule has 0 radical (unpaired) electrons. The number of halogens is 1. The zero-order valence-corrected chi connectivity index (χ0v) is 16.6. The molecule has 0 bridgehead atoms. The van der Waals surface area contributed by atoms with Crippen LogP contribution in [0.4, 0.5) is 21.7 Å². The van der Waals surface area contributed by atoms with Crippen LogP contribution in [0.1, 0.15) is 5.69 Å². The molecule has 2 atom stereocenters. The molecule has 3 aromatic rings. The van der Waals surface area contributed by atoms with E-state index in [2.05, 4.69) is 25.6 Å². The molecule has 2 N–H and O–H groups in total. The smallest absolute Gasteiger partial charge is 0.158 e. The molecule has 30 heavy (non-hydrogen) atoms. The zero-order chi connectivity index (χ0) is 21.1. The Labute approximate surface area is 173 Å². The number of nitriles is 1. The van der Waals surface area contributed by atoms with Crippen molar-refractivity contribution >= 4 is 17.3 Å². The van der Waals surface area contributed by atoms with Crippen LogP contribution in [0.5, 0.6) is 5.75 Å². The Kier molecular flexibility index (Phi) is 5.45. The summed E-state index contributed by atoms with van der Waals surface area (Å²) in [7, 11) is 3.38. The van der Waals surface area contributed by atoms with E-state index in [4.69, 9.17) is 10.00 Å². The fourth-order valence-electron chi connectivity index (χ4n) is 3.42. The van der Waals surface area contributed by atoms with Gasteiger partial charge in [-0.2, -0.15) is 5.26 Å². The fraction of sp³-hybridized carbons (Fsp3) is 0.300. The first-order chi connectivity index (χ1) is 14.6. The number of rotatable bonds is 6. The minimum atomic E-state index is -0.909. The van der Waals surface area contributed by atoms with E-state index < -0.39 is 6.17 Å². The minimum Gasteiger partial charge on any atom is -0.494 e. The van der Waals surface area contributed by atoms with E-state index in [0.29, 0.717) is 30.5 Å². The number of aromatic nitrogens is 4. The van der Waals surface area contributed by atoms with Gasteiger partial charge in [-0.15, -0.1) is 0 Å². The van der Waals surface area contributed by atoms with E-state index in [9.17, 15) is 4.39 Å². The number of methoxy groups -OCH3 is 1. The summed E-state index contributed by atoms with van der Waals surface area (Å²) in [4.78, 5) is 14.4. The van der Waals surface area contributed by atoms with Crippen LogP contribution < -0.4 is 20.3 Å². The summed E-state index contributed by atoms with van der Waals surface area (Å²) >= 11 is 0. The van der Waals surface area contributed by atoms with Gasteiger partial charge in [-0.05, 0) is 19.2 Å². The molecule has 0 amide bonds. The number of benzene rings is 1. The highest BCUT2D eigenvalue weighted by atomic mass is 19.1. The number of anilines is 3. The summed E-state index contributed by atoms with van der Waals surface area (Å²) < 4.78 is 21.5. The van der Waals surface area contributed by atoms with Crippen LogP contribution in [0.25, 0.3) is 5.69 Å². The van der Waals surface area contributed by atoms with E-state index in [-0.39, 0.29) is 11.7 Å². The van der Waals surface area contributed by atoms with Crippen LogP contribution in [0.15, 0.2) is 43.1 Å². The Morgan fingerprint density at radius 2 is 2.07 bits per heavy atom. The zero-order valence-electron chi connectivity index (χ0n) is 16.6. The summed E-state index contributed by atoms with van der Waals surface area (Å²) in [5, 5.41) is 14.9. The van der Waals surface area contributed by atoms with Gasteiger partial charge < -0.3 is 24.8 Å². The molecule has 1 aliphatic rings. The molecule has 0 aliphatic carbocycles. The number of nitrogens with one attached hydrogen (secondary N) is 2. The molecule has 4 rings (SSSR count). The molecule has 9 nitrogen and oxygen atoms in total. The number of imidazole rings is 1. The summed E-state index contributed by atoms with van der Waals surface area (Å²) in [5.74, 6) is 1.70. The standard InChI is InChI=1S/C20H21FN8O/c1-23-16-10-28(9-15(16)21)14-3-4-17(18(5-14)30-2)29-11-20(26-12-29)27-19-8-24-13(6-22)7-25-19/h3-5,7-8,11-12,15-16,23H,9-10H2,1-2H3,(H,25,27)/t15-,16+/m1/s1. The highest BCUT2D eigenvalue weighted by molar-refractivity contribution is 5.61. The highest BCUT2D eigenvalue weighted by Gasteiger charge is 2.32. The van der Waals surface area contributed by atoms with Gasteiger partial charge in [-0.25, -0.2) is 19.3 Å². The Balaban J connectivity index is 1.53. The third-order valence-electron chi connectivity index (χ3n) is 5.03. The average molecular weight is 408 g/mol. The first-order valence-corrected chi connectivity index (χ1v) is 9.39. The molecule has 1 saturated heterocycles. The van der Waals surface area contributed by atoms with Gasteiger partial charge in [0.25, 0.3) is 0 Å². The van der Waals surface area contributed by atoms with Crippen molar-refractivity contribution in [2.75, 3.05) is 37.5 Å². The Morgan fingerprint density at radius 1 is 1.20 bits per heavy atom. The number of hydrogen-bond acceptors (Lipinski definition) is 8. The van der Waals surface area contributed by atoms with Crippen molar-refractivity contribution in [3.63, 3.8) is 0 Å². The SMILES string of the molecule is CN[C@H]1CN(c2ccc(-n3cnc(Nc4cnc(C#N)cn4)c3)c(OC)c2)C[C@H]1F. The van der Waals surface area contributed by atoms with Crippen LogP contribution in [-0.2, 0) is 0 Å². The Morgan fingerprint density at radius 3 is 2.73 bits per heavy atom. The lowest BCUT2D eigenvalue weighted by Gasteiger charge is -2.20. The maximum absolute atomic E-state index is 14.1. The molecule has 1 fully saturated rings. The van der Waals surface area contributed by atoms with Gasteiger partial charge in [0.05, 0.1) is 44.0 Å². The van der Waals surface area contributed by atoms with Crippen molar-refractivity contribution < 1.29 is 9.13 Å². The predicted octanol–water partition coefficient (Wildman–Crippen LogP) is 2.03. The third kappa shape index (κ3) is 3.88. The van der Waals surface area contributed by atoms with Crippen molar-refractivity contribution in [1.29, 1.82) is 5.26 Å². The molecular weight excluding hydrogens is 387 g/mol. The fourth-order valence-corrected chi connectivity index (χ4v) is 3.42. The quantitative estimate of drug-likeness (QED) is 0.639. The van der Waals surface area contributed by atoms with Gasteiger partial charge in [-0.3, -0.25) is 0 Å². The van der Waals surface area contributed by atoms with Crippen molar-refractivity contribution in [3.8, 4) is 17.5 Å². The first-order valence-electron chi connectivity index (χ1n) is 9.39. The lowest BCUT2D eigenvalue weighted by Crippen LogP contribution is -2.34. The van der Waals surface area contributed by atoms with Crippen molar-refractivity contribution in [1.82, 2.24) is 24.8 Å². The largest absolute Gasteiger partial charge is 0.494 e. The third-order valence-corrected chi connectivity index (χ3v) is 5.03. The van der Waals surface area contributed by atoms with Crippen LogP contribution in [0, 0.1) is 11.3 Å². The lowest BCUT2D eigenvalue weighted by atomic mass is 10.2. The Hall–Kier alpha value is -3.71. The van der Waals surface area contributed by atoms with Gasteiger partial charge in [0.2, 0.25) is 0 Å². The van der Waals surface area contributed by atoms with E-state index in [1.165, 1.54) is 12.4 Å². The molecule has 10 heteroatoms. The molecule has 1 aliphatic heterocycles. The second-order valence-corrected chi connectivity index (χ2v) is 6.86. The number of hydrogen-bond donors (Lipinski definition) is 2. The number of ether oxygens (including phenoxy) is 1. The summed E-state index contributed by atoms with van der Waals surface area (Å²) in [6.45, 7) is 0.948. The molecule has 1 aromatic carbocycles. The van der Waals surface area contributed by atoms with Gasteiger partial charge in [0.15, 0.2) is 5.69 Å². The van der Waals surface area contributed by atoms with Gasteiger partial charge in [0.1, 0.15) is 36.0 Å². The normalized spacial score (nSPS) is 18.3. The van der Waals surface area contributed by atoms with Gasteiger partial charge >= 0.3 is 0 Å². The maximum atomic E-state index is 14.1. The van der Waals surface area contributed by atoms with Gasteiger partial charge in [-0.1, -0.05) is 0 Å². The summed E-state index contributed by atoms with van der Waals surface area (Å²) in [6.07, 6.45) is 5.40. The van der Waals surface area contributed by atoms with Crippen molar-refractivity contribution in [2.24, 2.45) is 0 Å². The van der Waals surface area contributed by atoms with Crippen molar-refractivity contribution in [2.45, 2.75) is 12.2 Å². The van der Waals surface area contributed by atoms with Crippen LogP contribution >= 0.6 is 0 Å². The molecule has 3 heterocycles. The maximum Gasteiger partial charge on any atom is 0.158 e. The van der Waals surface area contributed by atoms with Crippen LogP contribution in [0.3, 0.4) is 0 Å². The second-order valence-electron chi connectivity index (χ2n) is 6.86. The summed E-state index contributed by atoms with van der Waals surface area (Å²) in [6, 6.07) is 7.51. The first kappa shape index (κ1) is 19.6. The molecule has 0 unspecified atom stereocenters. The second kappa shape index (κ2) is 8.34. The van der Waals surface area contributed by atoms with E-state index in [0.717, 1.165) is 11.4 Å². The summed E-state index contributed by atoms with van der Waals surface area (Å²) in [5.41, 5.74) is 1.95. The van der Waals surface area contributed by atoms with Crippen molar-refractivity contribution in [3.05, 3.63) is 48.8 Å². The van der Waals surface area contributed by atoms with E-state index in [1.807, 2.05) is 33.7 Å². The van der Waals surface area contributed by atoms with Crippen LogP contribution in [0.2, 0.25) is 0 Å². The van der Waals surface area contributed by atoms with Crippen LogP contribution in [-0.4, -0.2) is 59.0 Å². The number of likely N-dealkylation sites (N-methyl/N-ethyl adjacent to an activating group) is 1. The number of alkyl halides is 1. The lowest BCUT2D eigenvalue weighted by molar-refractivity contribution is 0.310. The monoisotopic (exact) mass is 408 g/mol. The minimum absolute atomic E-state index is 0.178. The topological polar surface area (TPSA) is 104 Å². The Bertz CT molecular complexity index is 1060.